The van der Waals surface area contributed by atoms with Crippen LogP contribution in [0.2, 0.25) is 0 Å². The second-order valence-corrected chi connectivity index (χ2v) is 2.84. The lowest BCUT2D eigenvalue weighted by molar-refractivity contribution is -0.158. The zero-order chi connectivity index (χ0) is 11.3. The Kier molecular flexibility index (Phi) is 3.85. The van der Waals surface area contributed by atoms with Gasteiger partial charge in [0.15, 0.2) is 0 Å². The molecule has 1 aromatic carbocycles. The van der Waals surface area contributed by atoms with Crippen molar-refractivity contribution in [3.8, 4) is 0 Å². The van der Waals surface area contributed by atoms with E-state index in [1.807, 2.05) is 6.07 Å². The van der Waals surface area contributed by atoms with E-state index < -0.39 is 11.9 Å². The zero-order valence-electron chi connectivity index (χ0n) is 8.52. The third-order valence-corrected chi connectivity index (χ3v) is 1.48. The first-order chi connectivity index (χ1) is 7.09. The van der Waals surface area contributed by atoms with Gasteiger partial charge in [-0.3, -0.25) is 9.59 Å². The number of hydrogen-bond donors (Lipinski definition) is 0. The molecular weight excluding hydrogens is 196 g/mol. The topological polar surface area (TPSA) is 52.6 Å². The van der Waals surface area contributed by atoms with Gasteiger partial charge in [-0.05, 0) is 0 Å². The highest BCUT2D eigenvalue weighted by atomic mass is 16.7. The minimum absolute atomic E-state index is 0.0874. The molecule has 0 aromatic heterocycles. The van der Waals surface area contributed by atoms with Crippen molar-refractivity contribution >= 4 is 11.9 Å². The Labute approximate surface area is 87.8 Å². The molecule has 4 nitrogen and oxygen atoms in total. The summed E-state index contributed by atoms with van der Waals surface area (Å²) in [5.41, 5.74) is 0.544. The van der Waals surface area contributed by atoms with E-state index in [4.69, 9.17) is 9.47 Å². The molecule has 0 saturated carbocycles. The second-order valence-electron chi connectivity index (χ2n) is 2.84. The van der Waals surface area contributed by atoms with Crippen LogP contribution in [0.1, 0.15) is 19.4 Å². The van der Waals surface area contributed by atoms with Crippen LogP contribution in [0, 0.1) is 6.29 Å². The van der Waals surface area contributed by atoms with Crippen LogP contribution in [-0.4, -0.2) is 11.9 Å². The van der Waals surface area contributed by atoms with E-state index >= 15 is 0 Å². The molecule has 0 aliphatic carbocycles. The Balaban J connectivity index is 2.81. The summed E-state index contributed by atoms with van der Waals surface area (Å²) in [6.07, 6.45) is -0.0874. The number of benzene rings is 1. The van der Waals surface area contributed by atoms with E-state index in [-0.39, 0.29) is 6.29 Å². The summed E-state index contributed by atoms with van der Waals surface area (Å²) < 4.78 is 9.56. The number of hydrogen-bond acceptors (Lipinski definition) is 4. The molecule has 0 saturated heterocycles. The summed E-state index contributed by atoms with van der Waals surface area (Å²) in [7, 11) is 0. The molecule has 0 atom stereocenters. The van der Waals surface area contributed by atoms with Crippen molar-refractivity contribution in [2.75, 3.05) is 0 Å². The van der Waals surface area contributed by atoms with E-state index in [1.54, 1.807) is 24.3 Å². The molecule has 4 heteroatoms. The Morgan fingerprint density at radius 2 is 1.40 bits per heavy atom. The summed E-state index contributed by atoms with van der Waals surface area (Å²) in [6, 6.07) is 8.68. The highest BCUT2D eigenvalue weighted by molar-refractivity contribution is 5.70. The van der Waals surface area contributed by atoms with Crippen molar-refractivity contribution in [2.45, 2.75) is 13.8 Å². The smallest absolute Gasteiger partial charge is 0.367 e. The highest BCUT2D eigenvalue weighted by Crippen LogP contribution is 2.17. The normalized spacial score (nSPS) is 9.80. The summed E-state index contributed by atoms with van der Waals surface area (Å²) in [5.74, 6) is -1.06. The average molecular weight is 207 g/mol. The third kappa shape index (κ3) is 3.81. The molecular formula is C11H11O4. The molecule has 0 heterocycles. The summed E-state index contributed by atoms with van der Waals surface area (Å²) >= 11 is 0. The first-order valence-electron chi connectivity index (χ1n) is 4.39. The fraction of sp³-hybridized carbons (Fsp3) is 0.182. The van der Waals surface area contributed by atoms with Crippen molar-refractivity contribution in [2.24, 2.45) is 0 Å². The fourth-order valence-electron chi connectivity index (χ4n) is 0.974. The molecule has 0 unspecified atom stereocenters. The summed E-state index contributed by atoms with van der Waals surface area (Å²) in [6.45, 7) is 2.48. The molecule has 0 bridgehead atoms. The molecule has 15 heavy (non-hydrogen) atoms. The number of ether oxygens (including phenoxy) is 2. The fourth-order valence-corrected chi connectivity index (χ4v) is 0.974. The summed E-state index contributed by atoms with van der Waals surface area (Å²) in [5, 5.41) is 0. The number of carbonyl (C=O) groups is 2. The molecule has 0 fully saturated rings. The first-order valence-corrected chi connectivity index (χ1v) is 4.39. The SMILES string of the molecule is CC(=O)O[C](OC(C)=O)c1ccccc1. The van der Waals surface area contributed by atoms with Gasteiger partial charge in [0.25, 0.3) is 0 Å². The molecule has 1 radical (unpaired) electrons. The lowest BCUT2D eigenvalue weighted by atomic mass is 10.2. The van der Waals surface area contributed by atoms with Crippen molar-refractivity contribution in [3.05, 3.63) is 42.2 Å². The summed E-state index contributed by atoms with van der Waals surface area (Å²) in [4.78, 5) is 21.5. The largest absolute Gasteiger partial charge is 0.411 e. The van der Waals surface area contributed by atoms with Crippen LogP contribution in [-0.2, 0) is 19.1 Å². The van der Waals surface area contributed by atoms with Crippen molar-refractivity contribution in [1.82, 2.24) is 0 Å². The van der Waals surface area contributed by atoms with Crippen LogP contribution >= 0.6 is 0 Å². The van der Waals surface area contributed by atoms with Gasteiger partial charge >= 0.3 is 18.2 Å². The Morgan fingerprint density at radius 3 is 1.80 bits per heavy atom. The van der Waals surface area contributed by atoms with Gasteiger partial charge < -0.3 is 9.47 Å². The average Bonchev–Trinajstić information content (AvgIpc) is 2.17. The van der Waals surface area contributed by atoms with Crippen LogP contribution in [0.25, 0.3) is 0 Å². The van der Waals surface area contributed by atoms with Crippen molar-refractivity contribution in [3.63, 3.8) is 0 Å². The van der Waals surface area contributed by atoms with E-state index in [0.29, 0.717) is 5.56 Å². The molecule has 0 amide bonds. The Bertz CT molecular complexity index is 329. The van der Waals surface area contributed by atoms with Gasteiger partial charge in [-0.15, -0.1) is 0 Å². The van der Waals surface area contributed by atoms with Crippen LogP contribution in [0.3, 0.4) is 0 Å². The van der Waals surface area contributed by atoms with Crippen LogP contribution in [0.15, 0.2) is 30.3 Å². The van der Waals surface area contributed by atoms with E-state index in [0.717, 1.165) is 0 Å². The van der Waals surface area contributed by atoms with Gasteiger partial charge in [-0.2, -0.15) is 0 Å². The van der Waals surface area contributed by atoms with Crippen molar-refractivity contribution < 1.29 is 19.1 Å². The lowest BCUT2D eigenvalue weighted by Crippen LogP contribution is -2.15. The molecule has 1 rings (SSSR count). The predicted octanol–water partition coefficient (Wildman–Crippen LogP) is 1.65. The maximum atomic E-state index is 10.8. The second kappa shape index (κ2) is 5.14. The van der Waals surface area contributed by atoms with Crippen LogP contribution < -0.4 is 0 Å². The number of carbonyl (C=O) groups excluding carboxylic acids is 2. The Morgan fingerprint density at radius 1 is 0.933 bits per heavy atom. The van der Waals surface area contributed by atoms with Gasteiger partial charge in [0.2, 0.25) is 0 Å². The number of rotatable bonds is 3. The van der Waals surface area contributed by atoms with E-state index in [2.05, 4.69) is 0 Å². The molecule has 0 aliphatic rings. The van der Waals surface area contributed by atoms with Crippen molar-refractivity contribution in [1.29, 1.82) is 0 Å². The molecule has 79 valence electrons. The lowest BCUT2D eigenvalue weighted by Gasteiger charge is -2.13. The third-order valence-electron chi connectivity index (χ3n) is 1.48. The molecule has 0 aliphatic heterocycles. The van der Waals surface area contributed by atoms with Crippen LogP contribution in [0.4, 0.5) is 0 Å². The van der Waals surface area contributed by atoms with Gasteiger partial charge in [-0.25, -0.2) is 0 Å². The zero-order valence-corrected chi connectivity index (χ0v) is 8.52. The maximum absolute atomic E-state index is 10.8. The Hall–Kier alpha value is -1.84. The van der Waals surface area contributed by atoms with Gasteiger partial charge in [-0.1, -0.05) is 30.3 Å². The van der Waals surface area contributed by atoms with Gasteiger partial charge in [0.05, 0.1) is 0 Å². The molecule has 0 spiro atoms. The minimum atomic E-state index is -0.532. The number of esters is 2. The van der Waals surface area contributed by atoms with E-state index in [9.17, 15) is 9.59 Å². The molecule has 1 aromatic rings. The van der Waals surface area contributed by atoms with Crippen LogP contribution in [0.5, 0.6) is 0 Å². The van der Waals surface area contributed by atoms with Gasteiger partial charge in [0.1, 0.15) is 0 Å². The van der Waals surface area contributed by atoms with Gasteiger partial charge in [0, 0.05) is 19.4 Å². The van der Waals surface area contributed by atoms with E-state index in [1.165, 1.54) is 13.8 Å². The molecule has 0 N–H and O–H groups in total. The quantitative estimate of drug-likeness (QED) is 0.707. The predicted molar refractivity (Wildman–Crippen MR) is 52.3 cm³/mol. The highest BCUT2D eigenvalue weighted by Gasteiger charge is 2.20. The minimum Gasteiger partial charge on any atom is -0.411 e. The monoisotopic (exact) mass is 207 g/mol. The standard InChI is InChI=1S/C11H11O4/c1-8(12)14-11(15-9(2)13)10-6-4-3-5-7-10/h3-7H,1-2H3. The first kappa shape index (κ1) is 11.2. The maximum Gasteiger partial charge on any atom is 0.367 e.